The fraction of sp³-hybridized carbons (Fsp3) is 0.211. The van der Waals surface area contributed by atoms with Crippen LogP contribution in [0.2, 0.25) is 0 Å². The van der Waals surface area contributed by atoms with Gasteiger partial charge in [-0.25, -0.2) is 13.1 Å². The van der Waals surface area contributed by atoms with Crippen LogP contribution in [0.3, 0.4) is 0 Å². The van der Waals surface area contributed by atoms with Crippen LogP contribution in [0.15, 0.2) is 57.6 Å². The molecule has 0 unspecified atom stereocenters. The van der Waals surface area contributed by atoms with Crippen LogP contribution in [-0.4, -0.2) is 42.7 Å². The van der Waals surface area contributed by atoms with Gasteiger partial charge in [-0.05, 0) is 43.3 Å². The molecule has 0 aliphatic carbocycles. The van der Waals surface area contributed by atoms with Crippen molar-refractivity contribution in [2.45, 2.75) is 18.2 Å². The normalized spacial score (nSPS) is 13.7. The molecule has 156 valence electrons. The Kier molecular flexibility index (Phi) is 6.44. The Morgan fingerprint density at radius 2 is 1.90 bits per heavy atom. The zero-order valence-corrected chi connectivity index (χ0v) is 17.8. The average molecular weight is 447 g/mol. The van der Waals surface area contributed by atoms with Gasteiger partial charge in [0.1, 0.15) is 10.8 Å². The van der Waals surface area contributed by atoms with Gasteiger partial charge in [-0.15, -0.1) is 16.9 Å². The molecule has 0 bridgehead atoms. The average Bonchev–Trinajstić information content (AvgIpc) is 3.21. The van der Waals surface area contributed by atoms with Gasteiger partial charge < -0.3 is 0 Å². The monoisotopic (exact) mass is 446 g/mol. The lowest BCUT2D eigenvalue weighted by atomic mass is 9.99. The SMILES string of the molecule is CNS(=O)(=O)c1cccc(-c2cc(C3=NN=C(SCC(C)=O)C3)cc([N+](=O)[O-])c2)c1. The Hall–Kier alpha value is -2.89. The van der Waals surface area contributed by atoms with E-state index in [2.05, 4.69) is 14.9 Å². The van der Waals surface area contributed by atoms with Gasteiger partial charge in [0.15, 0.2) is 0 Å². The lowest BCUT2D eigenvalue weighted by molar-refractivity contribution is -0.384. The first-order valence-corrected chi connectivity index (χ1v) is 11.3. The molecule has 11 heteroatoms. The van der Waals surface area contributed by atoms with Crippen molar-refractivity contribution in [3.05, 3.63) is 58.1 Å². The summed E-state index contributed by atoms with van der Waals surface area (Å²) >= 11 is 1.29. The first kappa shape index (κ1) is 21.8. The molecule has 2 aromatic rings. The zero-order valence-electron chi connectivity index (χ0n) is 16.2. The van der Waals surface area contributed by atoms with E-state index in [1.165, 1.54) is 50.0 Å². The summed E-state index contributed by atoms with van der Waals surface area (Å²) in [6, 6.07) is 10.7. The van der Waals surface area contributed by atoms with Crippen LogP contribution in [0.25, 0.3) is 11.1 Å². The van der Waals surface area contributed by atoms with E-state index < -0.39 is 14.9 Å². The van der Waals surface area contributed by atoms with E-state index in [1.807, 2.05) is 0 Å². The lowest BCUT2D eigenvalue weighted by Crippen LogP contribution is -2.18. The summed E-state index contributed by atoms with van der Waals surface area (Å²) in [7, 11) is -2.34. The molecule has 2 aromatic carbocycles. The van der Waals surface area contributed by atoms with Gasteiger partial charge in [-0.1, -0.05) is 12.1 Å². The van der Waals surface area contributed by atoms with Gasteiger partial charge in [0.2, 0.25) is 10.0 Å². The molecule has 0 saturated heterocycles. The number of non-ortho nitro benzene ring substituents is 1. The molecule has 9 nitrogen and oxygen atoms in total. The molecule has 0 aromatic heterocycles. The second kappa shape index (κ2) is 8.86. The van der Waals surface area contributed by atoms with E-state index >= 15 is 0 Å². The summed E-state index contributed by atoms with van der Waals surface area (Å²) in [6.45, 7) is 1.49. The topological polar surface area (TPSA) is 131 Å². The number of nitrogens with one attached hydrogen (secondary N) is 1. The Labute approximate surface area is 177 Å². The van der Waals surface area contributed by atoms with Crippen molar-refractivity contribution < 1.29 is 18.1 Å². The molecule has 1 heterocycles. The highest BCUT2D eigenvalue weighted by atomic mass is 32.2. The van der Waals surface area contributed by atoms with Gasteiger partial charge in [0.25, 0.3) is 5.69 Å². The van der Waals surface area contributed by atoms with Crippen LogP contribution in [0.5, 0.6) is 0 Å². The Bertz CT molecular complexity index is 1190. The highest BCUT2D eigenvalue weighted by Crippen LogP contribution is 2.30. The van der Waals surface area contributed by atoms with Crippen molar-refractivity contribution in [1.29, 1.82) is 0 Å². The van der Waals surface area contributed by atoms with Gasteiger partial charge in [0, 0.05) is 24.1 Å². The van der Waals surface area contributed by atoms with Crippen LogP contribution in [0, 0.1) is 10.1 Å². The third kappa shape index (κ3) is 4.99. The number of rotatable bonds is 7. The maximum Gasteiger partial charge on any atom is 0.270 e. The summed E-state index contributed by atoms with van der Waals surface area (Å²) in [5.41, 5.74) is 1.92. The van der Waals surface area contributed by atoms with Crippen LogP contribution in [-0.2, 0) is 14.8 Å². The standard InChI is InChI=1S/C19H18N4O5S2/c1-12(24)11-29-19-10-18(21-22-19)15-6-14(7-16(8-15)23(25)26)13-4-3-5-17(9-13)30(27,28)20-2/h3-9,20H,10-11H2,1-2H3. The first-order valence-electron chi connectivity index (χ1n) is 8.79. The van der Waals surface area contributed by atoms with Gasteiger partial charge in [-0.3, -0.25) is 14.9 Å². The van der Waals surface area contributed by atoms with Crippen molar-refractivity contribution in [3.8, 4) is 11.1 Å². The number of nitro groups is 1. The number of benzene rings is 2. The fourth-order valence-corrected chi connectivity index (χ4v) is 4.25. The molecule has 0 spiro atoms. The van der Waals surface area contributed by atoms with E-state index in [-0.39, 0.29) is 22.1 Å². The number of ketones is 1. The number of hydrogen-bond donors (Lipinski definition) is 1. The summed E-state index contributed by atoms with van der Waals surface area (Å²) in [5.74, 6) is 0.305. The summed E-state index contributed by atoms with van der Waals surface area (Å²) in [4.78, 5) is 22.2. The van der Waals surface area contributed by atoms with Gasteiger partial charge in [0.05, 0.1) is 21.3 Å². The molecule has 1 aliphatic rings. The number of thioether (sulfide) groups is 1. The van der Waals surface area contributed by atoms with E-state index in [0.717, 1.165) is 0 Å². The number of sulfonamides is 1. The number of nitrogens with zero attached hydrogens (tertiary/aromatic N) is 3. The summed E-state index contributed by atoms with van der Waals surface area (Å²) in [6.07, 6.45) is 0.368. The molecule has 0 fully saturated rings. The summed E-state index contributed by atoms with van der Waals surface area (Å²) < 4.78 is 26.5. The number of nitro benzene ring substituents is 1. The minimum atomic E-state index is -3.66. The number of hydrogen-bond acceptors (Lipinski definition) is 8. The Morgan fingerprint density at radius 1 is 1.17 bits per heavy atom. The maximum absolute atomic E-state index is 12.1. The molecule has 0 amide bonds. The maximum atomic E-state index is 12.1. The molecule has 0 atom stereocenters. The van der Waals surface area contributed by atoms with E-state index in [0.29, 0.717) is 33.9 Å². The van der Waals surface area contributed by atoms with Crippen LogP contribution >= 0.6 is 11.8 Å². The minimum Gasteiger partial charge on any atom is -0.299 e. The molecular formula is C19H18N4O5S2. The second-order valence-electron chi connectivity index (χ2n) is 6.47. The Morgan fingerprint density at radius 3 is 2.57 bits per heavy atom. The van der Waals surface area contributed by atoms with Crippen molar-refractivity contribution >= 4 is 44.0 Å². The highest BCUT2D eigenvalue weighted by molar-refractivity contribution is 8.14. The predicted molar refractivity (Wildman–Crippen MR) is 117 cm³/mol. The van der Waals surface area contributed by atoms with Gasteiger partial charge in [-0.2, -0.15) is 5.10 Å². The number of carbonyl (C=O) groups excluding carboxylic acids is 1. The number of carbonyl (C=O) groups is 1. The third-order valence-corrected chi connectivity index (χ3v) is 6.77. The third-order valence-electron chi connectivity index (χ3n) is 4.25. The largest absolute Gasteiger partial charge is 0.299 e. The van der Waals surface area contributed by atoms with Crippen molar-refractivity contribution in [2.75, 3.05) is 12.8 Å². The van der Waals surface area contributed by atoms with Crippen LogP contribution < -0.4 is 4.72 Å². The predicted octanol–water partition coefficient (Wildman–Crippen LogP) is 3.00. The van der Waals surface area contributed by atoms with Crippen LogP contribution in [0.4, 0.5) is 5.69 Å². The van der Waals surface area contributed by atoms with Crippen molar-refractivity contribution in [3.63, 3.8) is 0 Å². The fourth-order valence-electron chi connectivity index (χ4n) is 2.77. The molecule has 1 aliphatic heterocycles. The molecule has 30 heavy (non-hydrogen) atoms. The second-order valence-corrected chi connectivity index (χ2v) is 9.40. The van der Waals surface area contributed by atoms with Crippen molar-refractivity contribution in [2.24, 2.45) is 10.2 Å². The van der Waals surface area contributed by atoms with E-state index in [4.69, 9.17) is 0 Å². The quantitative estimate of drug-likeness (QED) is 0.514. The first-order chi connectivity index (χ1) is 14.2. The van der Waals surface area contributed by atoms with Gasteiger partial charge >= 0.3 is 0 Å². The number of Topliss-reactive ketones (excluding diaryl/α,β-unsaturated/α-hetero) is 1. The smallest absolute Gasteiger partial charge is 0.270 e. The van der Waals surface area contributed by atoms with E-state index in [1.54, 1.807) is 18.2 Å². The minimum absolute atomic E-state index is 0.0187. The van der Waals surface area contributed by atoms with Crippen LogP contribution in [0.1, 0.15) is 18.9 Å². The molecule has 3 rings (SSSR count). The zero-order chi connectivity index (χ0) is 21.9. The molecule has 0 saturated carbocycles. The molecule has 1 N–H and O–H groups in total. The van der Waals surface area contributed by atoms with E-state index in [9.17, 15) is 23.3 Å². The highest BCUT2D eigenvalue weighted by Gasteiger charge is 2.20. The molecular weight excluding hydrogens is 428 g/mol. The van der Waals surface area contributed by atoms with Crippen molar-refractivity contribution in [1.82, 2.24) is 4.72 Å². The summed E-state index contributed by atoms with van der Waals surface area (Å²) in [5, 5.41) is 20.3. The molecule has 0 radical (unpaired) electrons. The lowest BCUT2D eigenvalue weighted by Gasteiger charge is -2.09. The Balaban J connectivity index is 1.97.